The van der Waals surface area contributed by atoms with E-state index >= 15 is 0 Å². The molecule has 0 radical (unpaired) electrons. The van der Waals surface area contributed by atoms with Gasteiger partial charge < -0.3 is 4.74 Å². The predicted molar refractivity (Wildman–Crippen MR) is 79.3 cm³/mol. The Morgan fingerprint density at radius 1 is 1.14 bits per heavy atom. The Kier molecular flexibility index (Phi) is 4.82. The summed E-state index contributed by atoms with van der Waals surface area (Å²) < 4.78 is 5.39. The fourth-order valence-corrected chi connectivity index (χ4v) is 1.98. The number of hydrogen-bond acceptors (Lipinski definition) is 4. The van der Waals surface area contributed by atoms with Crippen molar-refractivity contribution < 1.29 is 14.3 Å². The summed E-state index contributed by atoms with van der Waals surface area (Å²) in [4.78, 5) is 27.2. The van der Waals surface area contributed by atoms with Crippen LogP contribution in [0.15, 0.2) is 48.8 Å². The van der Waals surface area contributed by atoms with Gasteiger partial charge >= 0.3 is 5.97 Å². The van der Waals surface area contributed by atoms with Crippen LogP contribution in [0.4, 0.5) is 0 Å². The summed E-state index contributed by atoms with van der Waals surface area (Å²) in [7, 11) is 0. The van der Waals surface area contributed by atoms with E-state index < -0.39 is 0 Å². The van der Waals surface area contributed by atoms with Gasteiger partial charge in [0.1, 0.15) is 6.10 Å². The van der Waals surface area contributed by atoms with Crippen LogP contribution in [0.1, 0.15) is 40.1 Å². The van der Waals surface area contributed by atoms with E-state index in [1.54, 1.807) is 36.7 Å². The molecule has 0 amide bonds. The fourth-order valence-electron chi connectivity index (χ4n) is 1.98. The number of hydrogen-bond donors (Lipinski definition) is 0. The number of ketones is 1. The van der Waals surface area contributed by atoms with Crippen LogP contribution >= 0.6 is 0 Å². The molecule has 0 unspecified atom stereocenters. The molecule has 1 heterocycles. The molecule has 108 valence electrons. The van der Waals surface area contributed by atoms with Gasteiger partial charge in [-0.05, 0) is 37.6 Å². The average molecular weight is 283 g/mol. The summed E-state index contributed by atoms with van der Waals surface area (Å²) in [5.41, 5.74) is 2.04. The first kappa shape index (κ1) is 14.9. The van der Waals surface area contributed by atoms with Gasteiger partial charge in [0.25, 0.3) is 0 Å². The molecule has 0 saturated heterocycles. The zero-order valence-corrected chi connectivity index (χ0v) is 12.1. The third-order valence-electron chi connectivity index (χ3n) is 3.08. The second-order valence-electron chi connectivity index (χ2n) is 4.91. The quantitative estimate of drug-likeness (QED) is 0.625. The van der Waals surface area contributed by atoms with Crippen LogP contribution in [0.25, 0.3) is 0 Å². The summed E-state index contributed by atoms with van der Waals surface area (Å²) in [6.45, 7) is 3.33. The Labute approximate surface area is 123 Å². The van der Waals surface area contributed by atoms with E-state index in [1.165, 1.54) is 6.92 Å². The lowest BCUT2D eigenvalue weighted by atomic mass is 10.1. The number of aromatic nitrogens is 1. The molecule has 0 saturated carbocycles. The molecule has 1 aromatic heterocycles. The maximum Gasteiger partial charge on any atom is 0.338 e. The molecule has 4 nitrogen and oxygen atoms in total. The predicted octanol–water partition coefficient (Wildman–Crippen LogP) is 3.07. The minimum Gasteiger partial charge on any atom is -0.459 e. The van der Waals surface area contributed by atoms with Crippen LogP contribution in [0, 0.1) is 0 Å². The molecule has 0 aliphatic heterocycles. The maximum absolute atomic E-state index is 12.0. The van der Waals surface area contributed by atoms with Crippen molar-refractivity contribution in [2.75, 3.05) is 0 Å². The molecule has 21 heavy (non-hydrogen) atoms. The zero-order valence-electron chi connectivity index (χ0n) is 12.1. The first-order valence-corrected chi connectivity index (χ1v) is 6.77. The molecular formula is C17H17NO3. The van der Waals surface area contributed by atoms with Gasteiger partial charge in [-0.3, -0.25) is 9.78 Å². The van der Waals surface area contributed by atoms with E-state index in [4.69, 9.17) is 4.74 Å². The van der Waals surface area contributed by atoms with Crippen LogP contribution in [0.3, 0.4) is 0 Å². The number of carbonyl (C=O) groups is 2. The molecular weight excluding hydrogens is 266 g/mol. The van der Waals surface area contributed by atoms with Crippen molar-refractivity contribution in [2.24, 2.45) is 0 Å². The van der Waals surface area contributed by atoms with E-state index in [0.717, 1.165) is 5.56 Å². The van der Waals surface area contributed by atoms with Gasteiger partial charge in [-0.2, -0.15) is 0 Å². The Bertz CT molecular complexity index is 620. The van der Waals surface area contributed by atoms with Gasteiger partial charge in [0.2, 0.25) is 0 Å². The lowest BCUT2D eigenvalue weighted by Crippen LogP contribution is -2.17. The highest BCUT2D eigenvalue weighted by atomic mass is 16.5. The van der Waals surface area contributed by atoms with E-state index in [-0.39, 0.29) is 17.9 Å². The number of rotatable bonds is 5. The number of esters is 1. The highest BCUT2D eigenvalue weighted by molar-refractivity contribution is 5.96. The summed E-state index contributed by atoms with van der Waals surface area (Å²) in [6.07, 6.45) is 3.84. The smallest absolute Gasteiger partial charge is 0.338 e. The van der Waals surface area contributed by atoms with Crippen molar-refractivity contribution in [3.8, 4) is 0 Å². The highest BCUT2D eigenvalue weighted by Gasteiger charge is 2.13. The first-order valence-electron chi connectivity index (χ1n) is 6.77. The van der Waals surface area contributed by atoms with Gasteiger partial charge in [0.15, 0.2) is 5.78 Å². The highest BCUT2D eigenvalue weighted by Crippen LogP contribution is 2.10. The molecule has 0 fully saturated rings. The molecule has 4 heteroatoms. The molecule has 0 aliphatic carbocycles. The Morgan fingerprint density at radius 2 is 1.81 bits per heavy atom. The Hall–Kier alpha value is -2.49. The largest absolute Gasteiger partial charge is 0.459 e. The average Bonchev–Trinajstić information content (AvgIpc) is 2.48. The number of nitrogens with zero attached hydrogens (tertiary/aromatic N) is 1. The van der Waals surface area contributed by atoms with Crippen molar-refractivity contribution in [2.45, 2.75) is 26.4 Å². The van der Waals surface area contributed by atoms with Gasteiger partial charge in [0.05, 0.1) is 5.56 Å². The summed E-state index contributed by atoms with van der Waals surface area (Å²) in [5.74, 6) is -0.415. The van der Waals surface area contributed by atoms with E-state index in [0.29, 0.717) is 17.5 Å². The van der Waals surface area contributed by atoms with Gasteiger partial charge in [0, 0.05) is 24.4 Å². The van der Waals surface area contributed by atoms with Crippen molar-refractivity contribution in [3.63, 3.8) is 0 Å². The van der Waals surface area contributed by atoms with Crippen LogP contribution in [-0.4, -0.2) is 22.8 Å². The molecule has 2 aromatic rings. The normalized spacial score (nSPS) is 11.7. The minimum absolute atomic E-state index is 0.0279. The van der Waals surface area contributed by atoms with Gasteiger partial charge in [-0.25, -0.2) is 4.79 Å². The fraction of sp³-hybridized carbons (Fsp3) is 0.235. The number of carbonyl (C=O) groups excluding carboxylic acids is 2. The lowest BCUT2D eigenvalue weighted by Gasteiger charge is -2.13. The van der Waals surface area contributed by atoms with Gasteiger partial charge in [-0.1, -0.05) is 18.2 Å². The minimum atomic E-state index is -0.388. The second kappa shape index (κ2) is 6.79. The standard InChI is InChI=1S/C17H17NO3/c1-12(10-14-4-3-9-18-11-14)21-17(20)16-7-5-15(6-8-16)13(2)19/h3-9,11-12H,10H2,1-2H3/t12-/m0/s1. The number of Topliss-reactive ketones (excluding diaryl/α,β-unsaturated/α-hetero) is 1. The molecule has 1 aromatic carbocycles. The third kappa shape index (κ3) is 4.24. The second-order valence-corrected chi connectivity index (χ2v) is 4.91. The molecule has 2 rings (SSSR count). The third-order valence-corrected chi connectivity index (χ3v) is 3.08. The molecule has 0 N–H and O–H groups in total. The zero-order chi connectivity index (χ0) is 15.2. The number of benzene rings is 1. The van der Waals surface area contributed by atoms with Crippen LogP contribution in [0.2, 0.25) is 0 Å². The molecule has 1 atom stereocenters. The lowest BCUT2D eigenvalue weighted by molar-refractivity contribution is 0.0342. The van der Waals surface area contributed by atoms with Crippen LogP contribution in [0.5, 0.6) is 0 Å². The van der Waals surface area contributed by atoms with Crippen molar-refractivity contribution in [1.29, 1.82) is 0 Å². The van der Waals surface area contributed by atoms with Crippen molar-refractivity contribution in [1.82, 2.24) is 4.98 Å². The van der Waals surface area contributed by atoms with E-state index in [2.05, 4.69) is 4.98 Å². The van der Waals surface area contributed by atoms with Crippen LogP contribution in [-0.2, 0) is 11.2 Å². The summed E-state index contributed by atoms with van der Waals surface area (Å²) in [5, 5.41) is 0. The SMILES string of the molecule is CC(=O)c1ccc(C(=O)O[C@@H](C)Cc2cccnc2)cc1. The Morgan fingerprint density at radius 3 is 2.38 bits per heavy atom. The molecule has 0 aliphatic rings. The summed E-state index contributed by atoms with van der Waals surface area (Å²) >= 11 is 0. The van der Waals surface area contributed by atoms with E-state index in [9.17, 15) is 9.59 Å². The monoisotopic (exact) mass is 283 g/mol. The Balaban J connectivity index is 1.96. The maximum atomic E-state index is 12.0. The topological polar surface area (TPSA) is 56.3 Å². The molecule has 0 spiro atoms. The first-order chi connectivity index (χ1) is 10.1. The number of pyridine rings is 1. The molecule has 0 bridgehead atoms. The van der Waals surface area contributed by atoms with Gasteiger partial charge in [-0.15, -0.1) is 0 Å². The van der Waals surface area contributed by atoms with Crippen LogP contribution < -0.4 is 0 Å². The number of ether oxygens (including phenoxy) is 1. The summed E-state index contributed by atoms with van der Waals surface area (Å²) in [6, 6.07) is 10.3. The van der Waals surface area contributed by atoms with Crippen molar-refractivity contribution >= 4 is 11.8 Å². The van der Waals surface area contributed by atoms with E-state index in [1.807, 2.05) is 19.1 Å². The van der Waals surface area contributed by atoms with Crippen molar-refractivity contribution in [3.05, 3.63) is 65.5 Å².